The third-order valence-electron chi connectivity index (χ3n) is 3.05. The third-order valence-corrected chi connectivity index (χ3v) is 3.05. The van der Waals surface area contributed by atoms with Crippen molar-refractivity contribution in [2.45, 2.75) is 13.3 Å². The number of hydrogen-bond acceptors (Lipinski definition) is 8. The molecule has 3 aromatic rings. The van der Waals surface area contributed by atoms with E-state index in [2.05, 4.69) is 24.9 Å². The van der Waals surface area contributed by atoms with Gasteiger partial charge in [0.25, 0.3) is 0 Å². The molecule has 0 atom stereocenters. The lowest BCUT2D eigenvalue weighted by molar-refractivity contribution is 0.0526. The van der Waals surface area contributed by atoms with Crippen LogP contribution >= 0.6 is 0 Å². The van der Waals surface area contributed by atoms with Crippen molar-refractivity contribution in [1.82, 2.24) is 20.3 Å². The molecule has 8 nitrogen and oxygen atoms in total. The van der Waals surface area contributed by atoms with Crippen molar-refractivity contribution in [1.29, 1.82) is 0 Å². The highest BCUT2D eigenvalue weighted by Gasteiger charge is 2.11. The van der Waals surface area contributed by atoms with E-state index in [4.69, 9.17) is 10.5 Å². The average molecular weight is 299 g/mol. The summed E-state index contributed by atoms with van der Waals surface area (Å²) < 4.78 is 9.50. The van der Waals surface area contributed by atoms with Gasteiger partial charge in [-0.1, -0.05) is 12.1 Å². The Morgan fingerprint density at radius 2 is 1.86 bits per heavy atom. The van der Waals surface area contributed by atoms with Gasteiger partial charge in [0.05, 0.1) is 17.9 Å². The minimum absolute atomic E-state index is 0.276. The van der Waals surface area contributed by atoms with Crippen LogP contribution in [0.2, 0.25) is 0 Å². The lowest BCUT2D eigenvalue weighted by Gasteiger charge is -2.05. The van der Waals surface area contributed by atoms with E-state index < -0.39 is 0 Å². The van der Waals surface area contributed by atoms with E-state index in [9.17, 15) is 4.79 Å². The molecule has 0 unspecified atom stereocenters. The Morgan fingerprint density at radius 3 is 2.55 bits per heavy atom. The molecule has 0 aliphatic carbocycles. The van der Waals surface area contributed by atoms with E-state index in [-0.39, 0.29) is 17.4 Å². The number of nitrogen functional groups attached to an aromatic ring is 1. The summed E-state index contributed by atoms with van der Waals surface area (Å²) in [6.07, 6.45) is 0.463. The first-order chi connectivity index (χ1) is 10.7. The Morgan fingerprint density at radius 1 is 1.18 bits per heavy atom. The van der Waals surface area contributed by atoms with Crippen LogP contribution in [0.25, 0.3) is 11.3 Å². The minimum Gasteiger partial charge on any atom is -0.462 e. The molecule has 3 rings (SSSR count). The number of hydrogen-bond donors (Lipinski definition) is 1. The molecule has 0 fully saturated rings. The normalized spacial score (nSPS) is 10.8. The molecule has 0 aliphatic rings. The Bertz CT molecular complexity index is 813. The molecule has 0 spiro atoms. The quantitative estimate of drug-likeness (QED) is 0.717. The average Bonchev–Trinajstić information content (AvgIpc) is 2.95. The zero-order valence-corrected chi connectivity index (χ0v) is 11.8. The number of fused-ring (bicyclic) bond motifs is 1. The molecule has 22 heavy (non-hydrogen) atoms. The largest absolute Gasteiger partial charge is 0.462 e. The number of ether oxygens (including phenoxy) is 1. The van der Waals surface area contributed by atoms with Crippen molar-refractivity contribution in [2.24, 2.45) is 0 Å². The van der Waals surface area contributed by atoms with E-state index in [0.717, 1.165) is 5.56 Å². The summed E-state index contributed by atoms with van der Waals surface area (Å²) in [4.78, 5) is 19.9. The number of nitrogens with two attached hydrogens (primary N) is 1. The van der Waals surface area contributed by atoms with E-state index in [1.54, 1.807) is 19.1 Å². The Labute approximate surface area is 125 Å². The molecule has 2 N–H and O–H groups in total. The van der Waals surface area contributed by atoms with Gasteiger partial charge in [0, 0.05) is 6.42 Å². The van der Waals surface area contributed by atoms with Gasteiger partial charge in [0.1, 0.15) is 5.82 Å². The van der Waals surface area contributed by atoms with Crippen molar-refractivity contribution >= 4 is 23.1 Å². The lowest BCUT2D eigenvalue weighted by Crippen LogP contribution is -2.05. The van der Waals surface area contributed by atoms with E-state index >= 15 is 0 Å². The van der Waals surface area contributed by atoms with Gasteiger partial charge in [0.15, 0.2) is 0 Å². The standard InChI is InChI=1S/C14H13N5O3/c1-2-21-14(20)9-5-3-8(4-6-9)7-10-11(15)17-13-12(16-10)18-22-19-13/h3-6H,2,7H2,1H3,(H2,15,17,19). The topological polar surface area (TPSA) is 117 Å². The fourth-order valence-corrected chi connectivity index (χ4v) is 1.98. The highest BCUT2D eigenvalue weighted by Crippen LogP contribution is 2.16. The highest BCUT2D eigenvalue weighted by molar-refractivity contribution is 5.89. The van der Waals surface area contributed by atoms with Gasteiger partial charge in [-0.25, -0.2) is 19.4 Å². The molecule has 0 aliphatic heterocycles. The second kappa shape index (κ2) is 5.76. The van der Waals surface area contributed by atoms with Crippen LogP contribution in [0.5, 0.6) is 0 Å². The summed E-state index contributed by atoms with van der Waals surface area (Å²) in [6.45, 7) is 2.11. The van der Waals surface area contributed by atoms with Gasteiger partial charge in [-0.05, 0) is 34.9 Å². The van der Waals surface area contributed by atoms with Crippen molar-refractivity contribution in [2.75, 3.05) is 12.3 Å². The molecule has 112 valence electrons. The van der Waals surface area contributed by atoms with Crippen LogP contribution in [0, 0.1) is 0 Å². The Balaban J connectivity index is 1.82. The van der Waals surface area contributed by atoms with E-state index in [1.165, 1.54) is 0 Å². The fraction of sp³-hybridized carbons (Fsp3) is 0.214. The summed E-state index contributed by atoms with van der Waals surface area (Å²) in [7, 11) is 0. The summed E-state index contributed by atoms with van der Waals surface area (Å²) in [5.41, 5.74) is 8.46. The van der Waals surface area contributed by atoms with Gasteiger partial charge < -0.3 is 10.5 Å². The maximum atomic E-state index is 11.6. The van der Waals surface area contributed by atoms with E-state index in [0.29, 0.717) is 29.9 Å². The number of esters is 1. The van der Waals surface area contributed by atoms with Crippen LogP contribution in [0.4, 0.5) is 5.82 Å². The van der Waals surface area contributed by atoms with E-state index in [1.807, 2.05) is 12.1 Å². The van der Waals surface area contributed by atoms with Gasteiger partial charge >= 0.3 is 5.97 Å². The summed E-state index contributed by atoms with van der Waals surface area (Å²) in [5, 5.41) is 7.23. The number of carbonyl (C=O) groups excluding carboxylic acids is 1. The SMILES string of the molecule is CCOC(=O)c1ccc(Cc2nc3nonc3nc2N)cc1. The Kier molecular flexibility index (Phi) is 3.65. The minimum atomic E-state index is -0.344. The molecule has 2 aromatic heterocycles. The predicted octanol–water partition coefficient (Wildman–Crippen LogP) is 1.36. The molecule has 1 aromatic carbocycles. The molecule has 0 saturated heterocycles. The molecule has 0 radical (unpaired) electrons. The Hall–Kier alpha value is -3.03. The van der Waals surface area contributed by atoms with Crippen molar-refractivity contribution in [3.8, 4) is 0 Å². The molecular weight excluding hydrogens is 286 g/mol. The monoisotopic (exact) mass is 299 g/mol. The first kappa shape index (κ1) is 13.9. The number of carbonyl (C=O) groups is 1. The number of benzene rings is 1. The van der Waals surface area contributed by atoms with Gasteiger partial charge in [0.2, 0.25) is 11.3 Å². The molecular formula is C14H13N5O3. The van der Waals surface area contributed by atoms with Gasteiger partial charge in [-0.15, -0.1) is 0 Å². The summed E-state index contributed by atoms with van der Waals surface area (Å²) in [5.74, 6) is -0.0684. The third kappa shape index (κ3) is 2.71. The van der Waals surface area contributed by atoms with Crippen LogP contribution in [0.3, 0.4) is 0 Å². The molecule has 0 bridgehead atoms. The summed E-state index contributed by atoms with van der Waals surface area (Å²) in [6, 6.07) is 7.04. The molecule has 0 saturated carbocycles. The summed E-state index contributed by atoms with van der Waals surface area (Å²) >= 11 is 0. The van der Waals surface area contributed by atoms with Crippen LogP contribution in [-0.2, 0) is 11.2 Å². The first-order valence-electron chi connectivity index (χ1n) is 6.68. The maximum absolute atomic E-state index is 11.6. The van der Waals surface area contributed by atoms with Crippen LogP contribution < -0.4 is 5.73 Å². The second-order valence-corrected chi connectivity index (χ2v) is 4.56. The lowest BCUT2D eigenvalue weighted by atomic mass is 10.1. The predicted molar refractivity (Wildman–Crippen MR) is 77.0 cm³/mol. The zero-order valence-electron chi connectivity index (χ0n) is 11.8. The maximum Gasteiger partial charge on any atom is 0.338 e. The van der Waals surface area contributed by atoms with Gasteiger partial charge in [-0.3, -0.25) is 0 Å². The van der Waals surface area contributed by atoms with Crippen LogP contribution in [0.1, 0.15) is 28.5 Å². The highest BCUT2D eigenvalue weighted by atomic mass is 16.6. The first-order valence-corrected chi connectivity index (χ1v) is 6.68. The second-order valence-electron chi connectivity index (χ2n) is 4.56. The van der Waals surface area contributed by atoms with Crippen LogP contribution in [0.15, 0.2) is 28.9 Å². The number of rotatable bonds is 4. The molecule has 2 heterocycles. The van der Waals surface area contributed by atoms with Crippen molar-refractivity contribution in [3.63, 3.8) is 0 Å². The molecule has 0 amide bonds. The fourth-order valence-electron chi connectivity index (χ4n) is 1.98. The molecule has 8 heteroatoms. The number of nitrogens with zero attached hydrogens (tertiary/aromatic N) is 4. The van der Waals surface area contributed by atoms with Crippen molar-refractivity contribution < 1.29 is 14.2 Å². The number of aromatic nitrogens is 4. The number of anilines is 1. The zero-order chi connectivity index (χ0) is 15.5. The van der Waals surface area contributed by atoms with Crippen LogP contribution in [-0.4, -0.2) is 32.9 Å². The van der Waals surface area contributed by atoms with Crippen molar-refractivity contribution in [3.05, 3.63) is 41.1 Å². The van der Waals surface area contributed by atoms with Gasteiger partial charge in [-0.2, -0.15) is 0 Å². The smallest absolute Gasteiger partial charge is 0.338 e.